The van der Waals surface area contributed by atoms with E-state index in [2.05, 4.69) is 16.0 Å². The third-order valence-electron chi connectivity index (χ3n) is 4.75. The zero-order valence-electron chi connectivity index (χ0n) is 16.1. The van der Waals surface area contributed by atoms with Crippen molar-refractivity contribution < 1.29 is 23.5 Å². The van der Waals surface area contributed by atoms with Crippen LogP contribution in [-0.2, 0) is 16.9 Å². The molecule has 1 aromatic heterocycles. The Labute approximate surface area is 172 Å². The molecule has 1 fully saturated rings. The van der Waals surface area contributed by atoms with Crippen LogP contribution in [0.2, 0.25) is 0 Å². The number of ether oxygens (including phenoxy) is 1. The van der Waals surface area contributed by atoms with E-state index in [1.54, 1.807) is 43.3 Å². The van der Waals surface area contributed by atoms with Gasteiger partial charge in [0.1, 0.15) is 23.7 Å². The number of hydrogen-bond donors (Lipinski definition) is 3. The van der Waals surface area contributed by atoms with Gasteiger partial charge in [-0.1, -0.05) is 30.3 Å². The minimum absolute atomic E-state index is 0.130. The SMILES string of the molecule is CC1(c2cccc(NC(=O)c3ccc(COc4ccccc4)o3)c2)NC(=O)NC1=O. The lowest BCUT2D eigenvalue weighted by Gasteiger charge is -2.21. The molecule has 1 aliphatic rings. The molecule has 1 unspecified atom stereocenters. The van der Waals surface area contributed by atoms with Gasteiger partial charge >= 0.3 is 6.03 Å². The van der Waals surface area contributed by atoms with Crippen LogP contribution in [0.4, 0.5) is 10.5 Å². The minimum Gasteiger partial charge on any atom is -0.486 e. The normalized spacial score (nSPS) is 17.9. The van der Waals surface area contributed by atoms with Crippen molar-refractivity contribution in [2.45, 2.75) is 19.1 Å². The number of furan rings is 1. The van der Waals surface area contributed by atoms with E-state index in [9.17, 15) is 14.4 Å². The Morgan fingerprint density at radius 2 is 1.87 bits per heavy atom. The van der Waals surface area contributed by atoms with Crippen LogP contribution in [0.15, 0.2) is 71.1 Å². The van der Waals surface area contributed by atoms with E-state index in [1.165, 1.54) is 0 Å². The first kappa shape index (κ1) is 19.3. The van der Waals surface area contributed by atoms with Gasteiger partial charge in [-0.05, 0) is 48.9 Å². The van der Waals surface area contributed by atoms with E-state index >= 15 is 0 Å². The van der Waals surface area contributed by atoms with Crippen LogP contribution in [0.5, 0.6) is 5.75 Å². The number of hydrogen-bond acceptors (Lipinski definition) is 5. The van der Waals surface area contributed by atoms with Gasteiger partial charge in [-0.15, -0.1) is 0 Å². The third kappa shape index (κ3) is 3.88. The maximum absolute atomic E-state index is 12.5. The van der Waals surface area contributed by atoms with Gasteiger partial charge in [-0.3, -0.25) is 14.9 Å². The molecule has 30 heavy (non-hydrogen) atoms. The van der Waals surface area contributed by atoms with Crippen LogP contribution < -0.4 is 20.7 Å². The van der Waals surface area contributed by atoms with Crippen LogP contribution in [-0.4, -0.2) is 17.8 Å². The van der Waals surface area contributed by atoms with E-state index in [0.29, 0.717) is 22.8 Å². The van der Waals surface area contributed by atoms with E-state index in [4.69, 9.17) is 9.15 Å². The van der Waals surface area contributed by atoms with E-state index < -0.39 is 23.4 Å². The van der Waals surface area contributed by atoms with Crippen molar-refractivity contribution >= 4 is 23.5 Å². The summed E-state index contributed by atoms with van der Waals surface area (Å²) in [5.41, 5.74) is -0.198. The highest BCUT2D eigenvalue weighted by Crippen LogP contribution is 2.26. The number of carbonyl (C=O) groups is 3. The summed E-state index contributed by atoms with van der Waals surface area (Å²) >= 11 is 0. The fourth-order valence-electron chi connectivity index (χ4n) is 3.10. The largest absolute Gasteiger partial charge is 0.486 e. The van der Waals surface area contributed by atoms with Crippen molar-refractivity contribution in [2.75, 3.05) is 5.32 Å². The Balaban J connectivity index is 1.43. The lowest BCUT2D eigenvalue weighted by atomic mass is 9.92. The summed E-state index contributed by atoms with van der Waals surface area (Å²) in [4.78, 5) is 36.2. The average molecular weight is 405 g/mol. The second-order valence-corrected chi connectivity index (χ2v) is 6.94. The highest BCUT2D eigenvalue weighted by Gasteiger charge is 2.43. The van der Waals surface area contributed by atoms with E-state index in [0.717, 1.165) is 0 Å². The summed E-state index contributed by atoms with van der Waals surface area (Å²) in [7, 11) is 0. The van der Waals surface area contributed by atoms with Gasteiger partial charge < -0.3 is 19.8 Å². The molecule has 3 N–H and O–H groups in total. The summed E-state index contributed by atoms with van der Waals surface area (Å²) in [6, 6.07) is 18.7. The zero-order chi connectivity index (χ0) is 21.1. The molecule has 1 aliphatic heterocycles. The quantitative estimate of drug-likeness (QED) is 0.546. The predicted molar refractivity (Wildman–Crippen MR) is 108 cm³/mol. The zero-order valence-corrected chi connectivity index (χ0v) is 16.1. The molecular formula is C22H19N3O5. The molecule has 8 nitrogen and oxygen atoms in total. The summed E-state index contributed by atoms with van der Waals surface area (Å²) < 4.78 is 11.2. The number of imide groups is 1. The van der Waals surface area contributed by atoms with Crippen LogP contribution in [0.3, 0.4) is 0 Å². The highest BCUT2D eigenvalue weighted by atomic mass is 16.5. The van der Waals surface area contributed by atoms with Gasteiger partial charge in [0.05, 0.1) is 0 Å². The molecule has 2 aromatic carbocycles. The first-order valence-corrected chi connectivity index (χ1v) is 9.26. The predicted octanol–water partition coefficient (Wildman–Crippen LogP) is 3.17. The summed E-state index contributed by atoms with van der Waals surface area (Å²) in [5, 5.41) is 7.54. The maximum Gasteiger partial charge on any atom is 0.322 e. The van der Waals surface area contributed by atoms with Gasteiger partial charge in [-0.2, -0.15) is 0 Å². The number of para-hydroxylation sites is 1. The molecule has 4 rings (SSSR count). The van der Waals surface area contributed by atoms with Gasteiger partial charge in [-0.25, -0.2) is 4.79 Å². The van der Waals surface area contributed by atoms with Crippen LogP contribution in [0.25, 0.3) is 0 Å². The molecule has 3 aromatic rings. The minimum atomic E-state index is -1.20. The fourth-order valence-corrected chi connectivity index (χ4v) is 3.10. The van der Waals surface area contributed by atoms with Gasteiger partial charge in [0.25, 0.3) is 11.8 Å². The van der Waals surface area contributed by atoms with Gasteiger partial charge in [0.15, 0.2) is 5.76 Å². The van der Waals surface area contributed by atoms with Crippen molar-refractivity contribution in [2.24, 2.45) is 0 Å². The third-order valence-corrected chi connectivity index (χ3v) is 4.75. The summed E-state index contributed by atoms with van der Waals surface area (Å²) in [5.74, 6) is 0.447. The van der Waals surface area contributed by atoms with Crippen molar-refractivity contribution in [3.63, 3.8) is 0 Å². The second kappa shape index (κ2) is 7.75. The average Bonchev–Trinajstić information content (AvgIpc) is 3.32. The molecule has 0 saturated carbocycles. The number of amides is 4. The van der Waals surface area contributed by atoms with Crippen LogP contribution >= 0.6 is 0 Å². The van der Waals surface area contributed by atoms with Crippen molar-refractivity contribution in [3.8, 4) is 5.75 Å². The molecule has 152 valence electrons. The van der Waals surface area contributed by atoms with E-state index in [1.807, 2.05) is 30.3 Å². The molecule has 2 heterocycles. The van der Waals surface area contributed by atoms with Crippen molar-refractivity contribution in [1.82, 2.24) is 10.6 Å². The lowest BCUT2D eigenvalue weighted by molar-refractivity contribution is -0.123. The molecule has 0 spiro atoms. The molecular weight excluding hydrogens is 386 g/mol. The maximum atomic E-state index is 12.5. The lowest BCUT2D eigenvalue weighted by Crippen LogP contribution is -2.40. The molecule has 0 radical (unpaired) electrons. The Morgan fingerprint density at radius 1 is 1.07 bits per heavy atom. The molecule has 0 aliphatic carbocycles. The number of carbonyl (C=O) groups excluding carboxylic acids is 3. The van der Waals surface area contributed by atoms with Crippen LogP contribution in [0.1, 0.15) is 28.8 Å². The fraction of sp³-hybridized carbons (Fsp3) is 0.136. The van der Waals surface area contributed by atoms with Gasteiger partial charge in [0.2, 0.25) is 0 Å². The molecule has 1 atom stereocenters. The number of benzene rings is 2. The Morgan fingerprint density at radius 3 is 2.60 bits per heavy atom. The smallest absolute Gasteiger partial charge is 0.322 e. The summed E-state index contributed by atoms with van der Waals surface area (Å²) in [6.07, 6.45) is 0. The first-order chi connectivity index (χ1) is 14.4. The topological polar surface area (TPSA) is 110 Å². The Kier molecular flexibility index (Phi) is 4.97. The summed E-state index contributed by atoms with van der Waals surface area (Å²) in [6.45, 7) is 1.79. The Hall–Kier alpha value is -4.07. The standard InChI is InChI=1S/C22H19N3O5/c1-22(20(27)24-21(28)25-22)14-6-5-7-15(12-14)23-19(26)18-11-10-17(30-18)13-29-16-8-3-2-4-9-16/h2-12H,13H2,1H3,(H,23,26)(H2,24,25,27,28). The second-order valence-electron chi connectivity index (χ2n) is 6.94. The van der Waals surface area contributed by atoms with E-state index in [-0.39, 0.29) is 12.4 Å². The first-order valence-electron chi connectivity index (χ1n) is 9.26. The van der Waals surface area contributed by atoms with Gasteiger partial charge in [0, 0.05) is 5.69 Å². The number of anilines is 1. The van der Waals surface area contributed by atoms with Crippen molar-refractivity contribution in [1.29, 1.82) is 0 Å². The van der Waals surface area contributed by atoms with Crippen molar-refractivity contribution in [3.05, 3.63) is 83.8 Å². The molecule has 8 heteroatoms. The molecule has 0 bridgehead atoms. The number of nitrogens with one attached hydrogen (secondary N) is 3. The number of urea groups is 1. The molecule has 4 amide bonds. The number of rotatable bonds is 6. The monoisotopic (exact) mass is 405 g/mol. The molecule has 1 saturated heterocycles. The Bertz CT molecular complexity index is 1110. The van der Waals surface area contributed by atoms with Crippen LogP contribution in [0, 0.1) is 0 Å². The highest BCUT2D eigenvalue weighted by molar-refractivity contribution is 6.07.